The maximum absolute atomic E-state index is 12.1. The number of hydrogen-bond donors (Lipinski definition) is 3. The van der Waals surface area contributed by atoms with Gasteiger partial charge in [0.25, 0.3) is 0 Å². The molecule has 156 valence electrons. The van der Waals surface area contributed by atoms with Crippen LogP contribution in [0.3, 0.4) is 0 Å². The number of urea groups is 1. The smallest absolute Gasteiger partial charge is 0.325 e. The number of benzene rings is 2. The number of carbonyl (C=O) groups is 2. The Labute approximate surface area is 175 Å². The zero-order chi connectivity index (χ0) is 21.2. The van der Waals surface area contributed by atoms with Gasteiger partial charge in [-0.05, 0) is 44.5 Å². The lowest BCUT2D eigenvalue weighted by Gasteiger charge is -2.15. The largest absolute Gasteiger partial charge is 0.490 e. The summed E-state index contributed by atoms with van der Waals surface area (Å²) < 4.78 is 11.0. The molecule has 0 spiro atoms. The minimum Gasteiger partial charge on any atom is -0.490 e. The van der Waals surface area contributed by atoms with Gasteiger partial charge in [0.15, 0.2) is 11.5 Å². The highest BCUT2D eigenvalue weighted by Crippen LogP contribution is 2.30. The standard InChI is InChI=1S/C21H26ClN3O4/c1-4-28-18-11-10-15(12-19(18)29-5-2)24-21(27)25-20(26)13-23-14(3)16-8-6-7-9-17(16)22/h6-12,14,23H,4-5,13H2,1-3H3,(H2,24,25,26,27)/t14-/m0/s1. The van der Waals surface area contributed by atoms with Gasteiger partial charge >= 0.3 is 6.03 Å². The Bertz CT molecular complexity index is 844. The Balaban J connectivity index is 1.87. The van der Waals surface area contributed by atoms with Crippen molar-refractivity contribution in [2.24, 2.45) is 0 Å². The van der Waals surface area contributed by atoms with Crippen LogP contribution in [0.5, 0.6) is 11.5 Å². The highest BCUT2D eigenvalue weighted by atomic mass is 35.5. The van der Waals surface area contributed by atoms with Gasteiger partial charge in [0.1, 0.15) is 0 Å². The van der Waals surface area contributed by atoms with E-state index < -0.39 is 11.9 Å². The van der Waals surface area contributed by atoms with Crippen LogP contribution in [0, 0.1) is 0 Å². The molecular formula is C21H26ClN3O4. The van der Waals surface area contributed by atoms with Crippen LogP contribution in [-0.2, 0) is 4.79 Å². The van der Waals surface area contributed by atoms with Crippen LogP contribution in [0.15, 0.2) is 42.5 Å². The predicted molar refractivity (Wildman–Crippen MR) is 114 cm³/mol. The lowest BCUT2D eigenvalue weighted by molar-refractivity contribution is -0.119. The average Bonchev–Trinajstić information content (AvgIpc) is 2.68. The molecule has 0 unspecified atom stereocenters. The van der Waals surface area contributed by atoms with Crippen molar-refractivity contribution in [3.63, 3.8) is 0 Å². The second-order valence-electron chi connectivity index (χ2n) is 6.15. The summed E-state index contributed by atoms with van der Waals surface area (Å²) in [5.41, 5.74) is 1.36. The first-order valence-electron chi connectivity index (χ1n) is 9.42. The summed E-state index contributed by atoms with van der Waals surface area (Å²) in [6.45, 7) is 6.56. The van der Waals surface area contributed by atoms with Crippen molar-refractivity contribution in [2.75, 3.05) is 25.1 Å². The number of anilines is 1. The number of carbonyl (C=O) groups excluding carboxylic acids is 2. The van der Waals surface area contributed by atoms with Crippen molar-refractivity contribution in [1.82, 2.24) is 10.6 Å². The van der Waals surface area contributed by atoms with E-state index in [4.69, 9.17) is 21.1 Å². The molecule has 0 heterocycles. The Kier molecular flexibility index (Phi) is 8.76. The zero-order valence-corrected chi connectivity index (χ0v) is 17.5. The van der Waals surface area contributed by atoms with E-state index in [1.807, 2.05) is 39.0 Å². The summed E-state index contributed by atoms with van der Waals surface area (Å²) in [5.74, 6) is 0.653. The maximum Gasteiger partial charge on any atom is 0.325 e. The number of imide groups is 1. The van der Waals surface area contributed by atoms with Crippen LogP contribution in [0.1, 0.15) is 32.4 Å². The molecule has 8 heteroatoms. The molecule has 7 nitrogen and oxygen atoms in total. The Morgan fingerprint density at radius 1 is 1.03 bits per heavy atom. The van der Waals surface area contributed by atoms with Gasteiger partial charge in [-0.1, -0.05) is 29.8 Å². The van der Waals surface area contributed by atoms with Crippen molar-refractivity contribution in [3.8, 4) is 11.5 Å². The van der Waals surface area contributed by atoms with E-state index in [1.54, 1.807) is 24.3 Å². The van der Waals surface area contributed by atoms with Crippen molar-refractivity contribution in [2.45, 2.75) is 26.8 Å². The van der Waals surface area contributed by atoms with E-state index in [9.17, 15) is 9.59 Å². The third-order valence-electron chi connectivity index (χ3n) is 3.99. The molecule has 0 radical (unpaired) electrons. The fourth-order valence-electron chi connectivity index (χ4n) is 2.64. The van der Waals surface area contributed by atoms with E-state index in [-0.39, 0.29) is 12.6 Å². The topological polar surface area (TPSA) is 88.7 Å². The molecule has 3 amide bonds. The molecule has 0 fully saturated rings. The number of hydrogen-bond acceptors (Lipinski definition) is 5. The minimum absolute atomic E-state index is 0.0344. The summed E-state index contributed by atoms with van der Waals surface area (Å²) in [5, 5.41) is 8.56. The van der Waals surface area contributed by atoms with Gasteiger partial charge in [0.2, 0.25) is 5.91 Å². The van der Waals surface area contributed by atoms with Gasteiger partial charge in [0.05, 0.1) is 19.8 Å². The molecule has 1 atom stereocenters. The number of nitrogens with one attached hydrogen (secondary N) is 3. The van der Waals surface area contributed by atoms with E-state index >= 15 is 0 Å². The molecule has 2 aromatic rings. The summed E-state index contributed by atoms with van der Waals surface area (Å²) in [6.07, 6.45) is 0. The Morgan fingerprint density at radius 2 is 1.72 bits per heavy atom. The van der Waals surface area contributed by atoms with E-state index in [0.717, 1.165) is 5.56 Å². The van der Waals surface area contributed by atoms with Gasteiger partial charge in [0, 0.05) is 22.8 Å². The van der Waals surface area contributed by atoms with Gasteiger partial charge < -0.3 is 20.1 Å². The molecule has 0 aromatic heterocycles. The lowest BCUT2D eigenvalue weighted by atomic mass is 10.1. The SMILES string of the molecule is CCOc1ccc(NC(=O)NC(=O)CN[C@@H](C)c2ccccc2Cl)cc1OCC. The average molecular weight is 420 g/mol. The van der Waals surface area contributed by atoms with Gasteiger partial charge in [-0.3, -0.25) is 10.1 Å². The van der Waals surface area contributed by atoms with E-state index in [0.29, 0.717) is 35.4 Å². The number of halogens is 1. The summed E-state index contributed by atoms with van der Waals surface area (Å²) in [6, 6.07) is 11.6. The van der Waals surface area contributed by atoms with Crippen molar-refractivity contribution >= 4 is 29.2 Å². The third kappa shape index (κ3) is 6.96. The first-order valence-corrected chi connectivity index (χ1v) is 9.80. The molecule has 0 aliphatic carbocycles. The minimum atomic E-state index is -0.631. The lowest BCUT2D eigenvalue weighted by Crippen LogP contribution is -2.40. The molecule has 0 aliphatic rings. The molecule has 2 rings (SSSR count). The summed E-state index contributed by atoms with van der Waals surface area (Å²) in [4.78, 5) is 24.2. The van der Waals surface area contributed by atoms with Crippen LogP contribution in [0.25, 0.3) is 0 Å². The van der Waals surface area contributed by atoms with Crippen LogP contribution in [0.4, 0.5) is 10.5 Å². The fourth-order valence-corrected chi connectivity index (χ4v) is 2.94. The second-order valence-corrected chi connectivity index (χ2v) is 6.56. The molecule has 29 heavy (non-hydrogen) atoms. The fraction of sp³-hybridized carbons (Fsp3) is 0.333. The number of rotatable bonds is 9. The van der Waals surface area contributed by atoms with Crippen LogP contribution < -0.4 is 25.4 Å². The molecule has 0 saturated carbocycles. The Hall–Kier alpha value is -2.77. The number of amides is 3. The molecule has 2 aromatic carbocycles. The van der Waals surface area contributed by atoms with Crippen molar-refractivity contribution in [3.05, 3.63) is 53.1 Å². The molecule has 0 saturated heterocycles. The van der Waals surface area contributed by atoms with Crippen molar-refractivity contribution < 1.29 is 19.1 Å². The van der Waals surface area contributed by atoms with Crippen LogP contribution in [0.2, 0.25) is 5.02 Å². The zero-order valence-electron chi connectivity index (χ0n) is 16.8. The van der Waals surface area contributed by atoms with Crippen LogP contribution >= 0.6 is 11.6 Å². The van der Waals surface area contributed by atoms with Gasteiger partial charge in [-0.15, -0.1) is 0 Å². The summed E-state index contributed by atoms with van der Waals surface area (Å²) >= 11 is 6.15. The highest BCUT2D eigenvalue weighted by molar-refractivity contribution is 6.31. The van der Waals surface area contributed by atoms with E-state index in [1.165, 1.54) is 0 Å². The molecule has 0 aliphatic heterocycles. The molecule has 3 N–H and O–H groups in total. The van der Waals surface area contributed by atoms with Crippen LogP contribution in [-0.4, -0.2) is 31.7 Å². The maximum atomic E-state index is 12.1. The van der Waals surface area contributed by atoms with E-state index in [2.05, 4.69) is 16.0 Å². The van der Waals surface area contributed by atoms with Gasteiger partial charge in [-0.2, -0.15) is 0 Å². The predicted octanol–water partition coefficient (Wildman–Crippen LogP) is 4.14. The molecule has 0 bridgehead atoms. The normalized spacial score (nSPS) is 11.4. The number of ether oxygens (including phenoxy) is 2. The second kappa shape index (κ2) is 11.3. The van der Waals surface area contributed by atoms with Gasteiger partial charge in [-0.25, -0.2) is 4.79 Å². The summed E-state index contributed by atoms with van der Waals surface area (Å²) in [7, 11) is 0. The van der Waals surface area contributed by atoms with Crippen molar-refractivity contribution in [1.29, 1.82) is 0 Å². The Morgan fingerprint density at radius 3 is 2.41 bits per heavy atom. The third-order valence-corrected chi connectivity index (χ3v) is 4.34. The molecular weight excluding hydrogens is 394 g/mol. The first-order chi connectivity index (χ1) is 13.9. The highest BCUT2D eigenvalue weighted by Gasteiger charge is 2.13. The quantitative estimate of drug-likeness (QED) is 0.568. The first kappa shape index (κ1) is 22.5. The monoisotopic (exact) mass is 419 g/mol.